The smallest absolute Gasteiger partial charge is 0.353 e. The molecular formula is C11H15N5O2S. The third kappa shape index (κ3) is 2.89. The first-order valence-corrected chi connectivity index (χ1v) is 7.53. The molecule has 2 aliphatic carbocycles. The summed E-state index contributed by atoms with van der Waals surface area (Å²) in [4.78, 5) is 19.4. The van der Waals surface area contributed by atoms with Gasteiger partial charge >= 0.3 is 5.69 Å². The van der Waals surface area contributed by atoms with Crippen LogP contribution in [0.1, 0.15) is 25.7 Å². The summed E-state index contributed by atoms with van der Waals surface area (Å²) in [6, 6.07) is 0.633. The van der Waals surface area contributed by atoms with Crippen molar-refractivity contribution in [1.29, 1.82) is 0 Å². The monoisotopic (exact) mass is 281 g/mol. The van der Waals surface area contributed by atoms with Crippen LogP contribution >= 0.6 is 11.8 Å². The van der Waals surface area contributed by atoms with Crippen LogP contribution in [0.2, 0.25) is 0 Å². The zero-order valence-electron chi connectivity index (χ0n) is 10.5. The molecule has 8 heteroatoms. The van der Waals surface area contributed by atoms with Gasteiger partial charge in [-0.3, -0.25) is 10.1 Å². The molecule has 2 saturated carbocycles. The zero-order valence-corrected chi connectivity index (χ0v) is 11.4. The fourth-order valence-corrected chi connectivity index (χ4v) is 2.11. The predicted molar refractivity (Wildman–Crippen MR) is 73.8 cm³/mol. The first-order valence-electron chi connectivity index (χ1n) is 6.31. The van der Waals surface area contributed by atoms with Gasteiger partial charge in [0, 0.05) is 12.1 Å². The van der Waals surface area contributed by atoms with Gasteiger partial charge in [-0.2, -0.15) is 9.97 Å². The van der Waals surface area contributed by atoms with Gasteiger partial charge in [-0.1, -0.05) is 11.8 Å². The van der Waals surface area contributed by atoms with Crippen molar-refractivity contribution < 1.29 is 4.92 Å². The van der Waals surface area contributed by atoms with E-state index in [2.05, 4.69) is 20.6 Å². The predicted octanol–water partition coefficient (Wildman–Crippen LogP) is 2.26. The van der Waals surface area contributed by atoms with Crippen LogP contribution in [0.25, 0.3) is 0 Å². The molecule has 0 saturated heterocycles. The Balaban J connectivity index is 1.99. The van der Waals surface area contributed by atoms with E-state index in [0.29, 0.717) is 28.9 Å². The van der Waals surface area contributed by atoms with Crippen molar-refractivity contribution in [2.24, 2.45) is 0 Å². The zero-order chi connectivity index (χ0) is 13.4. The fraction of sp³-hybridized carbons (Fsp3) is 0.636. The molecule has 102 valence electrons. The molecule has 0 atom stereocenters. The summed E-state index contributed by atoms with van der Waals surface area (Å²) in [5.41, 5.74) is -0.0309. The Bertz CT molecular complexity index is 481. The van der Waals surface area contributed by atoms with Gasteiger partial charge in [0.1, 0.15) is 0 Å². The van der Waals surface area contributed by atoms with Crippen LogP contribution in [0.3, 0.4) is 0 Å². The molecule has 1 aromatic heterocycles. The van der Waals surface area contributed by atoms with E-state index in [1.165, 1.54) is 11.8 Å². The molecule has 7 nitrogen and oxygen atoms in total. The molecule has 2 fully saturated rings. The summed E-state index contributed by atoms with van der Waals surface area (Å²) in [7, 11) is 0. The van der Waals surface area contributed by atoms with Crippen molar-refractivity contribution in [3.63, 3.8) is 0 Å². The number of nitrogens with one attached hydrogen (secondary N) is 2. The van der Waals surface area contributed by atoms with E-state index in [0.717, 1.165) is 25.7 Å². The van der Waals surface area contributed by atoms with Crippen LogP contribution in [-0.2, 0) is 0 Å². The van der Waals surface area contributed by atoms with E-state index in [1.54, 1.807) is 0 Å². The molecule has 0 spiro atoms. The minimum Gasteiger partial charge on any atom is -0.361 e. The molecular weight excluding hydrogens is 266 g/mol. The summed E-state index contributed by atoms with van der Waals surface area (Å²) in [6.45, 7) is 0. The molecule has 0 bridgehead atoms. The number of nitro groups is 1. The van der Waals surface area contributed by atoms with Crippen LogP contribution < -0.4 is 10.6 Å². The molecule has 1 aromatic rings. The van der Waals surface area contributed by atoms with Crippen molar-refractivity contribution in [1.82, 2.24) is 9.97 Å². The lowest BCUT2D eigenvalue weighted by Crippen LogP contribution is -2.13. The highest BCUT2D eigenvalue weighted by Crippen LogP contribution is 2.37. The highest BCUT2D eigenvalue weighted by atomic mass is 32.2. The van der Waals surface area contributed by atoms with Gasteiger partial charge in [0.2, 0.25) is 11.6 Å². The highest BCUT2D eigenvalue weighted by molar-refractivity contribution is 7.98. The number of aromatic nitrogens is 2. The maximum atomic E-state index is 11.3. The van der Waals surface area contributed by atoms with E-state index in [4.69, 9.17) is 0 Å². The molecule has 1 heterocycles. The minimum absolute atomic E-state index is 0.0309. The average Bonchev–Trinajstić information content (AvgIpc) is 3.24. The van der Waals surface area contributed by atoms with E-state index in [9.17, 15) is 10.1 Å². The number of hydrogen-bond acceptors (Lipinski definition) is 7. The van der Waals surface area contributed by atoms with E-state index in [-0.39, 0.29) is 5.69 Å². The molecule has 0 amide bonds. The van der Waals surface area contributed by atoms with E-state index in [1.807, 2.05) is 6.26 Å². The second kappa shape index (κ2) is 4.84. The maximum absolute atomic E-state index is 11.3. The lowest BCUT2D eigenvalue weighted by Gasteiger charge is -2.10. The highest BCUT2D eigenvalue weighted by Gasteiger charge is 2.32. The molecule has 3 rings (SSSR count). The van der Waals surface area contributed by atoms with Crippen molar-refractivity contribution >= 4 is 29.1 Å². The van der Waals surface area contributed by atoms with Gasteiger partial charge < -0.3 is 10.6 Å². The second-order valence-corrected chi connectivity index (χ2v) is 5.62. The van der Waals surface area contributed by atoms with Crippen LogP contribution in [0.4, 0.5) is 17.3 Å². The lowest BCUT2D eigenvalue weighted by molar-refractivity contribution is -0.383. The maximum Gasteiger partial charge on any atom is 0.353 e. The lowest BCUT2D eigenvalue weighted by atomic mass is 10.4. The summed E-state index contributed by atoms with van der Waals surface area (Å²) >= 11 is 1.39. The number of thioether (sulfide) groups is 1. The van der Waals surface area contributed by atoms with Gasteiger partial charge in [0.15, 0.2) is 5.16 Å². The molecule has 19 heavy (non-hydrogen) atoms. The van der Waals surface area contributed by atoms with Crippen molar-refractivity contribution in [3.05, 3.63) is 10.1 Å². The Morgan fingerprint density at radius 2 is 1.63 bits per heavy atom. The molecule has 0 aromatic carbocycles. The average molecular weight is 281 g/mol. The van der Waals surface area contributed by atoms with Gasteiger partial charge in [-0.15, -0.1) is 0 Å². The van der Waals surface area contributed by atoms with Crippen LogP contribution in [0, 0.1) is 10.1 Å². The van der Waals surface area contributed by atoms with Crippen molar-refractivity contribution in [2.45, 2.75) is 42.9 Å². The van der Waals surface area contributed by atoms with Gasteiger partial charge in [0.25, 0.3) is 0 Å². The molecule has 0 aliphatic heterocycles. The Kier molecular flexibility index (Phi) is 3.17. The van der Waals surface area contributed by atoms with Crippen LogP contribution in [-0.4, -0.2) is 33.2 Å². The molecule has 0 radical (unpaired) electrons. The SMILES string of the molecule is CSc1nc(NC2CC2)c([N+](=O)[O-])c(NC2CC2)n1. The number of anilines is 2. The summed E-state index contributed by atoms with van der Waals surface area (Å²) in [5.74, 6) is 0.685. The Hall–Kier alpha value is -1.57. The number of rotatable bonds is 6. The quantitative estimate of drug-likeness (QED) is 0.357. The number of nitrogens with zero attached hydrogens (tertiary/aromatic N) is 3. The summed E-state index contributed by atoms with van der Waals surface area (Å²) < 4.78 is 0. The normalized spacial score (nSPS) is 18.2. The molecule has 2 aliphatic rings. The van der Waals surface area contributed by atoms with Gasteiger partial charge in [-0.05, 0) is 31.9 Å². The Morgan fingerprint density at radius 3 is 1.95 bits per heavy atom. The van der Waals surface area contributed by atoms with Crippen molar-refractivity contribution in [3.8, 4) is 0 Å². The van der Waals surface area contributed by atoms with Gasteiger partial charge in [0.05, 0.1) is 4.92 Å². The van der Waals surface area contributed by atoms with Crippen molar-refractivity contribution in [2.75, 3.05) is 16.9 Å². The first-order chi connectivity index (χ1) is 9.17. The van der Waals surface area contributed by atoms with Gasteiger partial charge in [-0.25, -0.2) is 0 Å². The van der Waals surface area contributed by atoms with Crippen LogP contribution in [0.5, 0.6) is 0 Å². The third-order valence-corrected chi connectivity index (χ3v) is 3.61. The Morgan fingerprint density at radius 1 is 1.16 bits per heavy atom. The Labute approximate surface area is 114 Å². The largest absolute Gasteiger partial charge is 0.361 e. The topological polar surface area (TPSA) is 93.0 Å². The summed E-state index contributed by atoms with van der Waals surface area (Å²) in [6.07, 6.45) is 6.04. The van der Waals surface area contributed by atoms with E-state index < -0.39 is 4.92 Å². The fourth-order valence-electron chi connectivity index (χ4n) is 1.74. The minimum atomic E-state index is -0.403. The first kappa shape index (κ1) is 12.5. The summed E-state index contributed by atoms with van der Waals surface area (Å²) in [5, 5.41) is 18.1. The number of hydrogen-bond donors (Lipinski definition) is 2. The standard InChI is InChI=1S/C11H15N5O2S/c1-19-11-14-9(12-6-2-3-6)8(16(17)18)10(15-11)13-7-4-5-7/h6-7H,2-5H2,1H3,(H2,12,13,14,15). The van der Waals surface area contributed by atoms with Crippen LogP contribution in [0.15, 0.2) is 5.16 Å². The molecule has 0 unspecified atom stereocenters. The third-order valence-electron chi connectivity index (χ3n) is 3.07. The second-order valence-electron chi connectivity index (χ2n) is 4.85. The molecule has 2 N–H and O–H groups in total. The van der Waals surface area contributed by atoms with E-state index >= 15 is 0 Å².